The number of hydrogen-bond acceptors (Lipinski definition) is 6. The zero-order valence-electron chi connectivity index (χ0n) is 14.4. The molecule has 128 valence electrons. The van der Waals surface area contributed by atoms with E-state index in [0.717, 1.165) is 32.0 Å². The van der Waals surface area contributed by atoms with Crippen LogP contribution in [0.15, 0.2) is 24.8 Å². The van der Waals surface area contributed by atoms with Crippen LogP contribution in [0.1, 0.15) is 27.2 Å². The van der Waals surface area contributed by atoms with Crippen molar-refractivity contribution in [2.24, 2.45) is 5.41 Å². The Morgan fingerprint density at radius 2 is 1.75 bits per heavy atom. The molecule has 0 bridgehead atoms. The molecule has 0 aliphatic carbocycles. The molecule has 2 aromatic heterocycles. The first-order chi connectivity index (χ1) is 11.4. The van der Waals surface area contributed by atoms with Gasteiger partial charge in [-0.2, -0.15) is 5.10 Å². The van der Waals surface area contributed by atoms with Gasteiger partial charge in [-0.1, -0.05) is 20.8 Å². The van der Waals surface area contributed by atoms with Gasteiger partial charge in [0.1, 0.15) is 12.7 Å². The van der Waals surface area contributed by atoms with Crippen molar-refractivity contribution in [2.75, 3.05) is 31.1 Å². The van der Waals surface area contributed by atoms with Crippen molar-refractivity contribution in [1.29, 1.82) is 0 Å². The highest BCUT2D eigenvalue weighted by Gasteiger charge is 2.25. The fourth-order valence-corrected chi connectivity index (χ4v) is 2.69. The van der Waals surface area contributed by atoms with Gasteiger partial charge >= 0.3 is 0 Å². The number of nitrogens with zero attached hydrogens (tertiary/aromatic N) is 7. The van der Waals surface area contributed by atoms with E-state index in [1.54, 1.807) is 11.0 Å². The monoisotopic (exact) mass is 329 g/mol. The third-order valence-corrected chi connectivity index (χ3v) is 3.93. The molecular weight excluding hydrogens is 306 g/mol. The summed E-state index contributed by atoms with van der Waals surface area (Å²) in [6.07, 6.45) is 3.63. The zero-order valence-corrected chi connectivity index (χ0v) is 14.4. The molecule has 0 spiro atoms. The quantitative estimate of drug-likeness (QED) is 0.840. The maximum Gasteiger partial charge on any atom is 0.223 e. The van der Waals surface area contributed by atoms with Gasteiger partial charge in [0.05, 0.1) is 0 Å². The van der Waals surface area contributed by atoms with E-state index < -0.39 is 0 Å². The third-order valence-electron chi connectivity index (χ3n) is 3.93. The molecular formula is C16H23N7O. The molecule has 8 nitrogen and oxygen atoms in total. The Morgan fingerprint density at radius 1 is 1.08 bits per heavy atom. The predicted octanol–water partition coefficient (Wildman–Crippen LogP) is 1.14. The molecule has 0 unspecified atom stereocenters. The van der Waals surface area contributed by atoms with Gasteiger partial charge in [-0.3, -0.25) is 4.79 Å². The minimum atomic E-state index is 0.0247. The Morgan fingerprint density at radius 3 is 2.29 bits per heavy atom. The van der Waals surface area contributed by atoms with E-state index in [1.807, 2.05) is 17.0 Å². The molecule has 1 amide bonds. The van der Waals surface area contributed by atoms with E-state index in [2.05, 4.69) is 46.0 Å². The summed E-state index contributed by atoms with van der Waals surface area (Å²) in [4.78, 5) is 20.3. The lowest BCUT2D eigenvalue weighted by Crippen LogP contribution is -2.49. The van der Waals surface area contributed by atoms with Crippen LogP contribution < -0.4 is 4.90 Å². The Bertz CT molecular complexity index is 667. The summed E-state index contributed by atoms with van der Waals surface area (Å²) in [5.41, 5.74) is 0.0247. The van der Waals surface area contributed by atoms with Crippen LogP contribution in [0.2, 0.25) is 0 Å². The number of piperazine rings is 1. The van der Waals surface area contributed by atoms with Gasteiger partial charge in [0, 0.05) is 32.6 Å². The zero-order chi connectivity index (χ0) is 17.2. The summed E-state index contributed by atoms with van der Waals surface area (Å²) in [6.45, 7) is 9.26. The third kappa shape index (κ3) is 3.87. The molecule has 1 fully saturated rings. The molecule has 1 saturated heterocycles. The first kappa shape index (κ1) is 16.4. The Labute approximate surface area is 141 Å². The van der Waals surface area contributed by atoms with Gasteiger partial charge in [0.2, 0.25) is 5.91 Å². The van der Waals surface area contributed by atoms with E-state index >= 15 is 0 Å². The first-order valence-corrected chi connectivity index (χ1v) is 8.14. The number of aromatic nitrogens is 5. The second-order valence-electron chi connectivity index (χ2n) is 7.20. The summed E-state index contributed by atoms with van der Waals surface area (Å²) in [6, 6.07) is 3.80. The van der Waals surface area contributed by atoms with Gasteiger partial charge < -0.3 is 9.80 Å². The Kier molecular flexibility index (Phi) is 4.46. The fourth-order valence-electron chi connectivity index (χ4n) is 2.69. The van der Waals surface area contributed by atoms with Crippen LogP contribution in [0.3, 0.4) is 0 Å². The SMILES string of the molecule is CC(C)(C)CC(=O)N1CCN(c2ccc(-n3cncn3)nn2)CC1. The second kappa shape index (κ2) is 6.54. The maximum absolute atomic E-state index is 12.3. The molecule has 2 aromatic rings. The van der Waals surface area contributed by atoms with Gasteiger partial charge in [-0.05, 0) is 17.5 Å². The normalized spacial score (nSPS) is 15.6. The number of carbonyl (C=O) groups excluding carboxylic acids is 1. The van der Waals surface area contributed by atoms with Gasteiger partial charge in [-0.25, -0.2) is 9.67 Å². The van der Waals surface area contributed by atoms with Gasteiger partial charge in [0.15, 0.2) is 11.6 Å². The number of hydrogen-bond donors (Lipinski definition) is 0. The topological polar surface area (TPSA) is 80.0 Å². The molecule has 0 N–H and O–H groups in total. The molecule has 3 heterocycles. The summed E-state index contributed by atoms with van der Waals surface area (Å²) >= 11 is 0. The van der Waals surface area contributed by atoms with Crippen LogP contribution in [0.5, 0.6) is 0 Å². The highest BCUT2D eigenvalue weighted by Crippen LogP contribution is 2.21. The van der Waals surface area contributed by atoms with E-state index in [9.17, 15) is 4.79 Å². The van der Waals surface area contributed by atoms with Gasteiger partial charge in [0.25, 0.3) is 0 Å². The molecule has 0 radical (unpaired) electrons. The summed E-state index contributed by atoms with van der Waals surface area (Å²) in [5.74, 6) is 1.69. The first-order valence-electron chi connectivity index (χ1n) is 8.14. The van der Waals surface area contributed by atoms with Crippen molar-refractivity contribution < 1.29 is 4.79 Å². The molecule has 1 aliphatic heterocycles. The average Bonchev–Trinajstić information content (AvgIpc) is 3.08. The van der Waals surface area contributed by atoms with Gasteiger partial charge in [-0.15, -0.1) is 10.2 Å². The molecule has 0 saturated carbocycles. The lowest BCUT2D eigenvalue weighted by molar-refractivity contribution is -0.133. The maximum atomic E-state index is 12.3. The van der Waals surface area contributed by atoms with Crippen molar-refractivity contribution in [2.45, 2.75) is 27.2 Å². The van der Waals surface area contributed by atoms with E-state index in [4.69, 9.17) is 0 Å². The fraction of sp³-hybridized carbons (Fsp3) is 0.562. The van der Waals surface area contributed by atoms with E-state index in [1.165, 1.54) is 6.33 Å². The summed E-state index contributed by atoms with van der Waals surface area (Å²) in [5, 5.41) is 12.5. The second-order valence-corrected chi connectivity index (χ2v) is 7.20. The minimum Gasteiger partial charge on any atom is -0.352 e. The molecule has 8 heteroatoms. The van der Waals surface area contributed by atoms with Crippen LogP contribution >= 0.6 is 0 Å². The minimum absolute atomic E-state index is 0.0247. The molecule has 0 atom stereocenters. The largest absolute Gasteiger partial charge is 0.352 e. The van der Waals surface area contributed by atoms with Crippen LogP contribution in [0, 0.1) is 5.41 Å². The number of rotatable bonds is 3. The van der Waals surface area contributed by atoms with Crippen molar-refractivity contribution in [3.63, 3.8) is 0 Å². The molecule has 1 aliphatic rings. The Hall–Kier alpha value is -2.51. The smallest absolute Gasteiger partial charge is 0.223 e. The van der Waals surface area contributed by atoms with Crippen LogP contribution in [0.25, 0.3) is 5.82 Å². The number of anilines is 1. The predicted molar refractivity (Wildman–Crippen MR) is 89.8 cm³/mol. The summed E-state index contributed by atoms with van der Waals surface area (Å²) < 4.78 is 1.57. The highest BCUT2D eigenvalue weighted by molar-refractivity contribution is 5.77. The van der Waals surface area contributed by atoms with Crippen molar-refractivity contribution in [1.82, 2.24) is 29.9 Å². The van der Waals surface area contributed by atoms with Crippen LogP contribution in [-0.2, 0) is 4.79 Å². The lowest BCUT2D eigenvalue weighted by atomic mass is 9.91. The molecule has 0 aromatic carbocycles. The highest BCUT2D eigenvalue weighted by atomic mass is 16.2. The average molecular weight is 329 g/mol. The number of carbonyl (C=O) groups is 1. The van der Waals surface area contributed by atoms with E-state index in [0.29, 0.717) is 12.2 Å². The molecule has 24 heavy (non-hydrogen) atoms. The van der Waals surface area contributed by atoms with Crippen LogP contribution in [0.4, 0.5) is 5.82 Å². The van der Waals surface area contributed by atoms with Crippen molar-refractivity contribution in [3.8, 4) is 5.82 Å². The lowest BCUT2D eigenvalue weighted by Gasteiger charge is -2.36. The summed E-state index contributed by atoms with van der Waals surface area (Å²) in [7, 11) is 0. The standard InChI is InChI=1S/C16H23N7O/c1-16(2,3)10-15(24)22-8-6-21(7-9-22)13-4-5-14(20-19-13)23-12-17-11-18-23/h4-5,11-12H,6-10H2,1-3H3. The number of amides is 1. The van der Waals surface area contributed by atoms with E-state index in [-0.39, 0.29) is 11.3 Å². The van der Waals surface area contributed by atoms with Crippen LogP contribution in [-0.4, -0.2) is 61.9 Å². The van der Waals surface area contributed by atoms with Crippen molar-refractivity contribution in [3.05, 3.63) is 24.8 Å². The Balaban J connectivity index is 1.58. The molecule has 3 rings (SSSR count). The van der Waals surface area contributed by atoms with Crippen molar-refractivity contribution >= 4 is 11.7 Å².